The number of anilines is 1. The lowest BCUT2D eigenvalue weighted by molar-refractivity contribution is -0.144. The lowest BCUT2D eigenvalue weighted by atomic mass is 10.2. The molecule has 1 N–H and O–H groups in total. The normalized spacial score (nSPS) is 16.7. The van der Waals surface area contributed by atoms with Gasteiger partial charge in [0.25, 0.3) is 0 Å². The lowest BCUT2D eigenvalue weighted by Crippen LogP contribution is -2.40. The smallest absolute Gasteiger partial charge is 0.334 e. The molecule has 9 heteroatoms. The maximum atomic E-state index is 12.2. The van der Waals surface area contributed by atoms with E-state index in [0.29, 0.717) is 35.3 Å². The number of ether oxygens (including phenoxy) is 2. The summed E-state index contributed by atoms with van der Waals surface area (Å²) in [5.41, 5.74) is 0.431. The van der Waals surface area contributed by atoms with E-state index < -0.39 is 36.3 Å². The predicted molar refractivity (Wildman–Crippen MR) is 85.2 cm³/mol. The molecular weight excluding hydrogens is 330 g/mol. The number of urea groups is 1. The summed E-state index contributed by atoms with van der Waals surface area (Å²) in [6, 6.07) is 3.60. The van der Waals surface area contributed by atoms with Gasteiger partial charge in [0.15, 0.2) is 11.5 Å². The number of amides is 5. The molecule has 2 aliphatic heterocycles. The Kier molecular flexibility index (Phi) is 4.30. The van der Waals surface area contributed by atoms with E-state index in [1.54, 1.807) is 32.0 Å². The molecule has 25 heavy (non-hydrogen) atoms. The number of rotatable bonds is 4. The van der Waals surface area contributed by atoms with Gasteiger partial charge in [-0.05, 0) is 26.0 Å². The van der Waals surface area contributed by atoms with E-state index in [0.717, 1.165) is 4.90 Å². The van der Waals surface area contributed by atoms with Gasteiger partial charge in [-0.2, -0.15) is 0 Å². The molecule has 1 aromatic rings. The highest BCUT2D eigenvalue weighted by molar-refractivity contribution is 6.45. The average Bonchev–Trinajstić information content (AvgIpc) is 2.78. The molecule has 1 fully saturated rings. The molecule has 0 atom stereocenters. The van der Waals surface area contributed by atoms with Gasteiger partial charge in [0.05, 0.1) is 0 Å². The van der Waals surface area contributed by atoms with Crippen molar-refractivity contribution in [2.24, 2.45) is 0 Å². The Hall–Kier alpha value is -3.10. The SMILES string of the molecule is CC(C)N1C(=O)C(=O)N(CC(=O)Nc2ccc3c(c2)OCCO3)C1=O. The van der Waals surface area contributed by atoms with E-state index in [1.807, 2.05) is 0 Å². The monoisotopic (exact) mass is 347 g/mol. The number of nitrogens with one attached hydrogen (secondary N) is 1. The Morgan fingerprint density at radius 2 is 1.80 bits per heavy atom. The minimum absolute atomic E-state index is 0.411. The van der Waals surface area contributed by atoms with E-state index in [9.17, 15) is 19.2 Å². The third kappa shape index (κ3) is 3.12. The van der Waals surface area contributed by atoms with Crippen molar-refractivity contribution < 1.29 is 28.7 Å². The molecule has 2 aliphatic rings. The number of fused-ring (bicyclic) bond motifs is 1. The van der Waals surface area contributed by atoms with Gasteiger partial charge in [-0.25, -0.2) is 9.69 Å². The van der Waals surface area contributed by atoms with Crippen molar-refractivity contribution in [1.29, 1.82) is 0 Å². The molecule has 0 unspecified atom stereocenters. The summed E-state index contributed by atoms with van der Waals surface area (Å²) in [7, 11) is 0. The molecule has 2 heterocycles. The molecule has 0 saturated carbocycles. The van der Waals surface area contributed by atoms with Crippen LogP contribution >= 0.6 is 0 Å². The number of imide groups is 2. The molecule has 9 nitrogen and oxygen atoms in total. The van der Waals surface area contributed by atoms with Crippen LogP contribution in [-0.4, -0.2) is 59.4 Å². The van der Waals surface area contributed by atoms with Crippen LogP contribution < -0.4 is 14.8 Å². The first-order chi connectivity index (χ1) is 11.9. The van der Waals surface area contributed by atoms with Crippen LogP contribution in [0.1, 0.15) is 13.8 Å². The minimum atomic E-state index is -1.00. The quantitative estimate of drug-likeness (QED) is 0.631. The number of hydrogen-bond donors (Lipinski definition) is 1. The average molecular weight is 347 g/mol. The van der Waals surface area contributed by atoms with Crippen molar-refractivity contribution in [3.8, 4) is 11.5 Å². The van der Waals surface area contributed by atoms with Gasteiger partial charge in [-0.3, -0.25) is 19.3 Å². The third-order valence-corrected chi connectivity index (χ3v) is 3.73. The number of benzene rings is 1. The number of carbonyl (C=O) groups is 4. The molecule has 5 amide bonds. The Balaban J connectivity index is 1.68. The van der Waals surface area contributed by atoms with Gasteiger partial charge >= 0.3 is 17.8 Å². The minimum Gasteiger partial charge on any atom is -0.486 e. The van der Waals surface area contributed by atoms with Crippen LogP contribution in [0.2, 0.25) is 0 Å². The topological polar surface area (TPSA) is 105 Å². The van der Waals surface area contributed by atoms with Gasteiger partial charge in [-0.1, -0.05) is 0 Å². The summed E-state index contributed by atoms with van der Waals surface area (Å²) in [6.45, 7) is 3.55. The Labute approximate surface area is 143 Å². The van der Waals surface area contributed by atoms with Gasteiger partial charge in [0.2, 0.25) is 5.91 Å². The maximum absolute atomic E-state index is 12.2. The van der Waals surface area contributed by atoms with E-state index in [2.05, 4.69) is 5.32 Å². The van der Waals surface area contributed by atoms with Gasteiger partial charge in [0.1, 0.15) is 19.8 Å². The second-order valence-electron chi connectivity index (χ2n) is 5.85. The zero-order valence-electron chi connectivity index (χ0n) is 13.8. The largest absolute Gasteiger partial charge is 0.486 e. The van der Waals surface area contributed by atoms with E-state index in [4.69, 9.17) is 9.47 Å². The van der Waals surface area contributed by atoms with E-state index in [-0.39, 0.29) is 0 Å². The fraction of sp³-hybridized carbons (Fsp3) is 0.375. The first kappa shape index (κ1) is 16.7. The van der Waals surface area contributed by atoms with Crippen molar-refractivity contribution in [3.05, 3.63) is 18.2 Å². The number of nitrogens with zero attached hydrogens (tertiary/aromatic N) is 2. The molecule has 1 aromatic carbocycles. The summed E-state index contributed by atoms with van der Waals surface area (Å²) < 4.78 is 10.8. The molecule has 1 saturated heterocycles. The van der Waals surface area contributed by atoms with E-state index >= 15 is 0 Å². The van der Waals surface area contributed by atoms with Gasteiger partial charge in [-0.15, -0.1) is 0 Å². The zero-order valence-corrected chi connectivity index (χ0v) is 13.8. The Morgan fingerprint density at radius 3 is 2.44 bits per heavy atom. The highest BCUT2D eigenvalue weighted by Crippen LogP contribution is 2.32. The summed E-state index contributed by atoms with van der Waals surface area (Å²) >= 11 is 0. The summed E-state index contributed by atoms with van der Waals surface area (Å²) in [4.78, 5) is 49.5. The third-order valence-electron chi connectivity index (χ3n) is 3.73. The highest BCUT2D eigenvalue weighted by Gasteiger charge is 2.46. The lowest BCUT2D eigenvalue weighted by Gasteiger charge is -2.20. The molecule has 0 bridgehead atoms. The van der Waals surface area contributed by atoms with Crippen LogP contribution in [0.3, 0.4) is 0 Å². The summed E-state index contributed by atoms with van der Waals surface area (Å²) in [6.07, 6.45) is 0. The molecular formula is C16H17N3O6. The first-order valence-electron chi connectivity index (χ1n) is 7.77. The van der Waals surface area contributed by atoms with Crippen molar-refractivity contribution in [2.45, 2.75) is 19.9 Å². The van der Waals surface area contributed by atoms with Gasteiger partial charge in [0, 0.05) is 17.8 Å². The Bertz CT molecular complexity index is 760. The van der Waals surface area contributed by atoms with Crippen molar-refractivity contribution in [1.82, 2.24) is 9.80 Å². The maximum Gasteiger partial charge on any atom is 0.334 e. The molecule has 0 radical (unpaired) electrons. The number of carbonyl (C=O) groups excluding carboxylic acids is 4. The fourth-order valence-corrected chi connectivity index (χ4v) is 2.58. The molecule has 0 spiro atoms. The molecule has 3 rings (SSSR count). The van der Waals surface area contributed by atoms with Crippen LogP contribution in [0, 0.1) is 0 Å². The van der Waals surface area contributed by atoms with Crippen LogP contribution in [0.15, 0.2) is 18.2 Å². The van der Waals surface area contributed by atoms with Crippen LogP contribution in [-0.2, 0) is 14.4 Å². The summed E-state index contributed by atoms with van der Waals surface area (Å²) in [5, 5.41) is 2.57. The molecule has 132 valence electrons. The van der Waals surface area contributed by atoms with Crippen molar-refractivity contribution >= 4 is 29.4 Å². The van der Waals surface area contributed by atoms with Crippen LogP contribution in [0.25, 0.3) is 0 Å². The second kappa shape index (κ2) is 6.42. The molecule has 0 aromatic heterocycles. The fourth-order valence-electron chi connectivity index (χ4n) is 2.58. The van der Waals surface area contributed by atoms with Gasteiger partial charge < -0.3 is 14.8 Å². The van der Waals surface area contributed by atoms with Crippen molar-refractivity contribution in [2.75, 3.05) is 25.1 Å². The standard InChI is InChI=1S/C16H17N3O6/c1-9(2)19-15(22)14(21)18(16(19)23)8-13(20)17-10-3-4-11-12(7-10)25-6-5-24-11/h3-4,7,9H,5-6,8H2,1-2H3,(H,17,20). The van der Waals surface area contributed by atoms with E-state index in [1.165, 1.54) is 0 Å². The predicted octanol–water partition coefficient (Wildman–Crippen LogP) is 0.595. The zero-order chi connectivity index (χ0) is 18.1. The van der Waals surface area contributed by atoms with Crippen LogP contribution in [0.5, 0.6) is 11.5 Å². The second-order valence-corrected chi connectivity index (χ2v) is 5.85. The summed E-state index contributed by atoms with van der Waals surface area (Å²) in [5.74, 6) is -1.45. The number of hydrogen-bond acceptors (Lipinski definition) is 6. The molecule has 0 aliphatic carbocycles. The van der Waals surface area contributed by atoms with Crippen molar-refractivity contribution in [3.63, 3.8) is 0 Å². The van der Waals surface area contributed by atoms with Crippen LogP contribution in [0.4, 0.5) is 10.5 Å². The highest BCUT2D eigenvalue weighted by atomic mass is 16.6. The Morgan fingerprint density at radius 1 is 1.12 bits per heavy atom. The first-order valence-corrected chi connectivity index (χ1v) is 7.77.